The number of halogens is 1. The average molecular weight is 297 g/mol. The molecular formula is C12H13BrN2O2. The molecule has 0 saturated heterocycles. The zero-order chi connectivity index (χ0) is 12.0. The normalized spacial score (nSPS) is 15.4. The molecule has 0 bridgehead atoms. The quantitative estimate of drug-likeness (QED) is 0.945. The van der Waals surface area contributed by atoms with E-state index < -0.39 is 0 Å². The van der Waals surface area contributed by atoms with E-state index in [4.69, 9.17) is 4.74 Å². The molecule has 5 heteroatoms. The number of ether oxygens (including phenoxy) is 1. The molecule has 0 unspecified atom stereocenters. The van der Waals surface area contributed by atoms with Gasteiger partial charge in [0.05, 0.1) is 22.0 Å². The van der Waals surface area contributed by atoms with E-state index in [0.717, 1.165) is 22.3 Å². The van der Waals surface area contributed by atoms with Gasteiger partial charge in [-0.05, 0) is 40.8 Å². The van der Waals surface area contributed by atoms with Gasteiger partial charge in [-0.25, -0.2) is 0 Å². The number of fused-ring (bicyclic) bond motifs is 1. The molecule has 1 aromatic carbocycles. The Balaban J connectivity index is 2.02. The number of aryl methyl sites for hydroxylation is 1. The van der Waals surface area contributed by atoms with Crippen LogP contribution in [0.25, 0.3) is 10.9 Å². The Kier molecular flexibility index (Phi) is 2.50. The van der Waals surface area contributed by atoms with E-state index in [0.29, 0.717) is 11.3 Å². The Morgan fingerprint density at radius 2 is 2.29 bits per heavy atom. The fraction of sp³-hybridized carbons (Fsp3) is 0.417. The topological polar surface area (TPSA) is 47.0 Å². The number of rotatable bonds is 3. The van der Waals surface area contributed by atoms with Crippen molar-refractivity contribution in [2.45, 2.75) is 12.8 Å². The number of nitrogens with one attached hydrogen (secondary N) is 1. The van der Waals surface area contributed by atoms with Gasteiger partial charge in [-0.1, -0.05) is 0 Å². The van der Waals surface area contributed by atoms with E-state index in [1.807, 2.05) is 19.2 Å². The van der Waals surface area contributed by atoms with Gasteiger partial charge in [0.1, 0.15) is 5.75 Å². The number of aromatic amines is 1. The summed E-state index contributed by atoms with van der Waals surface area (Å²) in [5, 5.41) is 3.41. The highest BCUT2D eigenvalue weighted by Crippen LogP contribution is 2.33. The number of aromatic nitrogens is 2. The van der Waals surface area contributed by atoms with Gasteiger partial charge >= 0.3 is 0 Å². The largest absolute Gasteiger partial charge is 0.492 e. The highest BCUT2D eigenvalue weighted by atomic mass is 79.9. The summed E-state index contributed by atoms with van der Waals surface area (Å²) in [6, 6.07) is 3.72. The van der Waals surface area contributed by atoms with Crippen LogP contribution in [0.4, 0.5) is 0 Å². The number of H-pyrrole nitrogens is 1. The Morgan fingerprint density at radius 3 is 3.00 bits per heavy atom. The number of hydrogen-bond donors (Lipinski definition) is 1. The summed E-state index contributed by atoms with van der Waals surface area (Å²) in [4.78, 5) is 11.6. The van der Waals surface area contributed by atoms with Crippen LogP contribution in [0.15, 0.2) is 21.4 Å². The number of hydrogen-bond acceptors (Lipinski definition) is 2. The van der Waals surface area contributed by atoms with E-state index in [1.54, 1.807) is 4.68 Å². The Bertz CT molecular complexity index is 625. The van der Waals surface area contributed by atoms with Crippen LogP contribution in [0.3, 0.4) is 0 Å². The lowest BCUT2D eigenvalue weighted by Crippen LogP contribution is -2.01. The fourth-order valence-corrected chi connectivity index (χ4v) is 2.34. The van der Waals surface area contributed by atoms with E-state index in [-0.39, 0.29) is 5.56 Å². The van der Waals surface area contributed by atoms with E-state index in [2.05, 4.69) is 21.0 Å². The Hall–Kier alpha value is -1.23. The third-order valence-corrected chi connectivity index (χ3v) is 3.72. The third-order valence-electron chi connectivity index (χ3n) is 3.10. The van der Waals surface area contributed by atoms with E-state index >= 15 is 0 Å². The molecular weight excluding hydrogens is 284 g/mol. The summed E-state index contributed by atoms with van der Waals surface area (Å²) in [6.45, 7) is 0.766. The van der Waals surface area contributed by atoms with Crippen molar-refractivity contribution < 1.29 is 4.74 Å². The van der Waals surface area contributed by atoms with Crippen LogP contribution in [-0.2, 0) is 7.05 Å². The molecule has 4 nitrogen and oxygen atoms in total. The van der Waals surface area contributed by atoms with Gasteiger partial charge < -0.3 is 4.74 Å². The highest BCUT2D eigenvalue weighted by molar-refractivity contribution is 9.10. The molecule has 1 aliphatic rings. The molecule has 1 aliphatic carbocycles. The first kappa shape index (κ1) is 10.9. The summed E-state index contributed by atoms with van der Waals surface area (Å²) < 4.78 is 8.31. The fourth-order valence-electron chi connectivity index (χ4n) is 1.88. The van der Waals surface area contributed by atoms with Crippen LogP contribution in [0, 0.1) is 5.92 Å². The molecule has 3 rings (SSSR count). The van der Waals surface area contributed by atoms with Crippen LogP contribution in [0.2, 0.25) is 0 Å². The molecule has 2 aromatic rings. The molecule has 0 aliphatic heterocycles. The molecule has 17 heavy (non-hydrogen) atoms. The molecule has 1 heterocycles. The zero-order valence-corrected chi connectivity index (χ0v) is 11.1. The van der Waals surface area contributed by atoms with Gasteiger partial charge in [-0.15, -0.1) is 0 Å². The van der Waals surface area contributed by atoms with Gasteiger partial charge in [0, 0.05) is 13.1 Å². The summed E-state index contributed by atoms with van der Waals surface area (Å²) in [5.41, 5.74) is 0.793. The monoisotopic (exact) mass is 296 g/mol. The van der Waals surface area contributed by atoms with Crippen LogP contribution < -0.4 is 10.3 Å². The van der Waals surface area contributed by atoms with Gasteiger partial charge in [0.15, 0.2) is 0 Å². The molecule has 0 radical (unpaired) electrons. The first-order chi connectivity index (χ1) is 8.15. The molecule has 1 aromatic heterocycles. The second kappa shape index (κ2) is 3.91. The lowest BCUT2D eigenvalue weighted by molar-refractivity contribution is 0.298. The molecule has 1 N–H and O–H groups in total. The van der Waals surface area contributed by atoms with Gasteiger partial charge in [0.2, 0.25) is 0 Å². The minimum Gasteiger partial charge on any atom is -0.492 e. The van der Waals surface area contributed by atoms with E-state index in [9.17, 15) is 4.79 Å². The molecule has 0 atom stereocenters. The van der Waals surface area contributed by atoms with Crippen LogP contribution in [-0.4, -0.2) is 16.4 Å². The average Bonchev–Trinajstić information content (AvgIpc) is 3.06. The maximum atomic E-state index is 11.6. The predicted molar refractivity (Wildman–Crippen MR) is 69.5 cm³/mol. The summed E-state index contributed by atoms with van der Waals surface area (Å²) in [7, 11) is 1.82. The maximum Gasteiger partial charge on any atom is 0.272 e. The van der Waals surface area contributed by atoms with Crippen LogP contribution in [0.5, 0.6) is 5.75 Å². The standard InChI is InChI=1S/C12H13BrN2O2/c1-15-10-5-11(17-6-7-2-3-7)9(13)4-8(10)12(16)14-15/h4-5,7H,2-3,6H2,1H3,(H,14,16). The van der Waals surface area contributed by atoms with Gasteiger partial charge in [-0.3, -0.25) is 14.6 Å². The van der Waals surface area contributed by atoms with Crippen molar-refractivity contribution in [1.82, 2.24) is 9.78 Å². The second-order valence-electron chi connectivity index (χ2n) is 4.55. The summed E-state index contributed by atoms with van der Waals surface area (Å²) in [6.07, 6.45) is 2.53. The second-order valence-corrected chi connectivity index (χ2v) is 5.41. The van der Waals surface area contributed by atoms with Crippen molar-refractivity contribution in [3.8, 4) is 5.75 Å². The minimum atomic E-state index is -0.0723. The summed E-state index contributed by atoms with van der Waals surface area (Å²) in [5.74, 6) is 1.52. The SMILES string of the molecule is Cn1[nH]c(=O)c2cc(Br)c(OCC3CC3)cc21. The number of nitrogens with zero attached hydrogens (tertiary/aromatic N) is 1. The van der Waals surface area contributed by atoms with Crippen molar-refractivity contribution in [1.29, 1.82) is 0 Å². The maximum absolute atomic E-state index is 11.6. The molecule has 90 valence electrons. The lowest BCUT2D eigenvalue weighted by atomic mass is 10.2. The molecule has 0 spiro atoms. The summed E-state index contributed by atoms with van der Waals surface area (Å²) >= 11 is 3.44. The predicted octanol–water partition coefficient (Wildman–Crippen LogP) is 2.42. The van der Waals surface area contributed by atoms with Gasteiger partial charge in [-0.2, -0.15) is 0 Å². The van der Waals surface area contributed by atoms with Gasteiger partial charge in [0.25, 0.3) is 5.56 Å². The van der Waals surface area contributed by atoms with Crippen LogP contribution in [0.1, 0.15) is 12.8 Å². The smallest absolute Gasteiger partial charge is 0.272 e. The van der Waals surface area contributed by atoms with Crippen molar-refractivity contribution in [3.05, 3.63) is 27.0 Å². The lowest BCUT2D eigenvalue weighted by Gasteiger charge is -2.07. The zero-order valence-electron chi connectivity index (χ0n) is 9.50. The van der Waals surface area contributed by atoms with Crippen molar-refractivity contribution in [2.24, 2.45) is 13.0 Å². The third kappa shape index (κ3) is 1.99. The first-order valence-corrected chi connectivity index (χ1v) is 6.45. The molecule has 1 saturated carbocycles. The van der Waals surface area contributed by atoms with Crippen molar-refractivity contribution in [2.75, 3.05) is 6.61 Å². The van der Waals surface area contributed by atoms with Crippen LogP contribution >= 0.6 is 15.9 Å². The van der Waals surface area contributed by atoms with Crippen molar-refractivity contribution in [3.63, 3.8) is 0 Å². The Labute approximate surface area is 107 Å². The first-order valence-electron chi connectivity index (χ1n) is 5.66. The molecule has 0 amide bonds. The van der Waals surface area contributed by atoms with E-state index in [1.165, 1.54) is 12.8 Å². The highest BCUT2D eigenvalue weighted by Gasteiger charge is 2.22. The number of benzene rings is 1. The Morgan fingerprint density at radius 1 is 1.53 bits per heavy atom. The molecule has 1 fully saturated rings. The minimum absolute atomic E-state index is 0.0723. The van der Waals surface area contributed by atoms with Crippen molar-refractivity contribution >= 4 is 26.8 Å².